The summed E-state index contributed by atoms with van der Waals surface area (Å²) in [6, 6.07) is 7.01. The Morgan fingerprint density at radius 1 is 1.11 bits per heavy atom. The Morgan fingerprint density at radius 3 is 2.17 bits per heavy atom. The molecule has 18 heavy (non-hydrogen) atoms. The fourth-order valence-corrected chi connectivity index (χ4v) is 4.37. The third-order valence-electron chi connectivity index (χ3n) is 2.85. The lowest BCUT2D eigenvalue weighted by Crippen LogP contribution is -2.25. The van der Waals surface area contributed by atoms with Crippen LogP contribution in [0.1, 0.15) is 19.4 Å². The summed E-state index contributed by atoms with van der Waals surface area (Å²) in [5.41, 5.74) is 1.07. The van der Waals surface area contributed by atoms with E-state index in [9.17, 15) is 8.42 Å². The van der Waals surface area contributed by atoms with Crippen molar-refractivity contribution in [2.45, 2.75) is 25.7 Å². The van der Waals surface area contributed by atoms with E-state index >= 15 is 0 Å². The van der Waals surface area contributed by atoms with E-state index in [1.165, 1.54) is 0 Å². The fourth-order valence-electron chi connectivity index (χ4n) is 1.59. The van der Waals surface area contributed by atoms with Gasteiger partial charge in [-0.05, 0) is 42.9 Å². The molecule has 0 bridgehead atoms. The van der Waals surface area contributed by atoms with E-state index in [1.54, 1.807) is 12.1 Å². The second-order valence-electron chi connectivity index (χ2n) is 4.12. The molecule has 0 amide bonds. The molecule has 3 nitrogen and oxygen atoms in total. The zero-order chi connectivity index (χ0) is 13.6. The number of aryl methyl sites for hydroxylation is 1. The number of nitrogens with zero attached hydrogens (tertiary/aromatic N) is 1. The molecule has 0 aliphatic heterocycles. The van der Waals surface area contributed by atoms with E-state index in [0.717, 1.165) is 36.0 Å². The summed E-state index contributed by atoms with van der Waals surface area (Å²) in [6.45, 7) is 8.85. The summed E-state index contributed by atoms with van der Waals surface area (Å²) in [5.74, 6) is 0.609. The third-order valence-corrected chi connectivity index (χ3v) is 6.37. The predicted octanol–water partition coefficient (Wildman–Crippen LogP) is 2.76. The van der Waals surface area contributed by atoms with E-state index in [2.05, 4.69) is 18.7 Å². The van der Waals surface area contributed by atoms with Crippen molar-refractivity contribution in [3.8, 4) is 0 Å². The highest BCUT2D eigenvalue weighted by atomic mass is 33.1. The van der Waals surface area contributed by atoms with Crippen molar-refractivity contribution in [1.29, 1.82) is 0 Å². The van der Waals surface area contributed by atoms with Gasteiger partial charge in [0.2, 0.25) is 8.87 Å². The van der Waals surface area contributed by atoms with Crippen LogP contribution in [0.15, 0.2) is 29.2 Å². The minimum atomic E-state index is -3.20. The average molecular weight is 287 g/mol. The Balaban J connectivity index is 2.57. The minimum absolute atomic E-state index is 0.401. The van der Waals surface area contributed by atoms with Crippen LogP contribution in [0, 0.1) is 6.92 Å². The first-order valence-corrected chi connectivity index (χ1v) is 9.16. The van der Waals surface area contributed by atoms with Crippen LogP contribution in [-0.4, -0.2) is 38.7 Å². The second-order valence-corrected chi connectivity index (χ2v) is 8.16. The Bertz CT molecular complexity index is 450. The van der Waals surface area contributed by atoms with Gasteiger partial charge in [-0.3, -0.25) is 0 Å². The SMILES string of the molecule is CCN(CC)CCSS(=O)(=O)c1ccc(C)cc1. The maximum atomic E-state index is 12.0. The zero-order valence-corrected chi connectivity index (χ0v) is 12.9. The van der Waals surface area contributed by atoms with E-state index in [-0.39, 0.29) is 0 Å². The Hall–Kier alpha value is -0.520. The molecule has 0 unspecified atom stereocenters. The molecule has 0 atom stereocenters. The summed E-state index contributed by atoms with van der Waals surface area (Å²) >= 11 is 0. The van der Waals surface area contributed by atoms with Crippen LogP contribution in [0.5, 0.6) is 0 Å². The zero-order valence-electron chi connectivity index (χ0n) is 11.2. The van der Waals surface area contributed by atoms with Gasteiger partial charge in [0.1, 0.15) is 0 Å². The molecule has 0 saturated heterocycles. The van der Waals surface area contributed by atoms with Crippen molar-refractivity contribution < 1.29 is 8.42 Å². The summed E-state index contributed by atoms with van der Waals surface area (Å²) in [6.07, 6.45) is 0. The molecule has 5 heteroatoms. The van der Waals surface area contributed by atoms with Gasteiger partial charge in [0.15, 0.2) is 0 Å². The smallest absolute Gasteiger partial charge is 0.230 e. The number of rotatable bonds is 7. The fraction of sp³-hybridized carbons (Fsp3) is 0.538. The predicted molar refractivity (Wildman–Crippen MR) is 78.6 cm³/mol. The molecule has 0 radical (unpaired) electrons. The van der Waals surface area contributed by atoms with Crippen molar-refractivity contribution in [2.75, 3.05) is 25.4 Å². The molecule has 1 aromatic rings. The summed E-state index contributed by atoms with van der Waals surface area (Å²) < 4.78 is 24.1. The molecular formula is C13H21NO2S2. The maximum Gasteiger partial charge on any atom is 0.230 e. The first-order chi connectivity index (χ1) is 8.49. The molecule has 0 aliphatic carbocycles. The van der Waals surface area contributed by atoms with Gasteiger partial charge in [-0.25, -0.2) is 8.42 Å². The molecule has 0 aliphatic rings. The van der Waals surface area contributed by atoms with Crippen LogP contribution >= 0.6 is 10.8 Å². The summed E-state index contributed by atoms with van der Waals surface area (Å²) in [7, 11) is -2.17. The molecule has 0 spiro atoms. The van der Waals surface area contributed by atoms with Crippen molar-refractivity contribution in [3.05, 3.63) is 29.8 Å². The van der Waals surface area contributed by atoms with Crippen LogP contribution in [0.4, 0.5) is 0 Å². The Kier molecular flexibility index (Phi) is 6.18. The molecule has 1 rings (SSSR count). The van der Waals surface area contributed by atoms with Gasteiger partial charge in [-0.1, -0.05) is 31.5 Å². The van der Waals surface area contributed by atoms with Gasteiger partial charge in [0.25, 0.3) is 0 Å². The lowest BCUT2D eigenvalue weighted by Gasteiger charge is -2.17. The topological polar surface area (TPSA) is 37.4 Å². The van der Waals surface area contributed by atoms with Crippen LogP contribution < -0.4 is 0 Å². The number of hydrogen-bond acceptors (Lipinski definition) is 4. The van der Waals surface area contributed by atoms with Crippen LogP contribution in [0.25, 0.3) is 0 Å². The maximum absolute atomic E-state index is 12.0. The molecule has 0 aromatic heterocycles. The third kappa shape index (κ3) is 4.63. The van der Waals surface area contributed by atoms with E-state index in [1.807, 2.05) is 19.1 Å². The lowest BCUT2D eigenvalue weighted by molar-refractivity contribution is 0.324. The van der Waals surface area contributed by atoms with E-state index in [4.69, 9.17) is 0 Å². The monoisotopic (exact) mass is 287 g/mol. The molecule has 0 fully saturated rings. The van der Waals surface area contributed by atoms with Gasteiger partial charge in [-0.2, -0.15) is 0 Å². The molecule has 0 heterocycles. The highest BCUT2D eigenvalue weighted by molar-refractivity contribution is 8.72. The molecule has 1 aromatic carbocycles. The Morgan fingerprint density at radius 2 is 1.67 bits per heavy atom. The minimum Gasteiger partial charge on any atom is -0.303 e. The van der Waals surface area contributed by atoms with Crippen LogP contribution in [-0.2, 0) is 8.87 Å². The standard InChI is InChI=1S/C13H21NO2S2/c1-4-14(5-2)10-11-17-18(15,16)13-8-6-12(3)7-9-13/h6-9H,4-5,10-11H2,1-3H3. The van der Waals surface area contributed by atoms with Crippen molar-refractivity contribution >= 4 is 19.7 Å². The van der Waals surface area contributed by atoms with Crippen molar-refractivity contribution in [3.63, 3.8) is 0 Å². The molecule has 0 saturated carbocycles. The first kappa shape index (κ1) is 15.5. The van der Waals surface area contributed by atoms with Crippen LogP contribution in [0.2, 0.25) is 0 Å². The summed E-state index contributed by atoms with van der Waals surface area (Å²) in [4.78, 5) is 2.62. The highest BCUT2D eigenvalue weighted by Crippen LogP contribution is 2.23. The van der Waals surface area contributed by atoms with Crippen molar-refractivity contribution in [2.24, 2.45) is 0 Å². The first-order valence-electron chi connectivity index (χ1n) is 6.18. The largest absolute Gasteiger partial charge is 0.303 e. The number of benzene rings is 1. The molecule has 102 valence electrons. The van der Waals surface area contributed by atoms with Gasteiger partial charge in [0, 0.05) is 12.3 Å². The number of hydrogen-bond donors (Lipinski definition) is 0. The quantitative estimate of drug-likeness (QED) is 0.723. The van der Waals surface area contributed by atoms with Gasteiger partial charge >= 0.3 is 0 Å². The second kappa shape index (κ2) is 7.16. The van der Waals surface area contributed by atoms with E-state index in [0.29, 0.717) is 10.6 Å². The lowest BCUT2D eigenvalue weighted by atomic mass is 10.2. The van der Waals surface area contributed by atoms with E-state index < -0.39 is 8.87 Å². The van der Waals surface area contributed by atoms with Crippen molar-refractivity contribution in [1.82, 2.24) is 4.90 Å². The molecule has 0 N–H and O–H groups in total. The van der Waals surface area contributed by atoms with Crippen LogP contribution in [0.3, 0.4) is 0 Å². The van der Waals surface area contributed by atoms with Gasteiger partial charge in [-0.15, -0.1) is 0 Å². The summed E-state index contributed by atoms with van der Waals surface area (Å²) in [5, 5.41) is 0. The Labute approximate surface area is 114 Å². The van der Waals surface area contributed by atoms with Gasteiger partial charge in [0.05, 0.1) is 4.90 Å². The van der Waals surface area contributed by atoms with Gasteiger partial charge < -0.3 is 4.90 Å². The molecular weight excluding hydrogens is 266 g/mol. The highest BCUT2D eigenvalue weighted by Gasteiger charge is 2.15. The average Bonchev–Trinajstić information content (AvgIpc) is 2.35. The normalized spacial score (nSPS) is 12.0.